The van der Waals surface area contributed by atoms with Crippen molar-refractivity contribution in [1.82, 2.24) is 4.90 Å². The number of ether oxygens (including phenoxy) is 1. The van der Waals surface area contributed by atoms with Crippen LogP contribution in [-0.4, -0.2) is 42.2 Å². The minimum absolute atomic E-state index is 0. The highest BCUT2D eigenvalue weighted by atomic mass is 35.5. The van der Waals surface area contributed by atoms with Gasteiger partial charge >= 0.3 is 5.97 Å². The first-order valence-electron chi connectivity index (χ1n) is 7.30. The van der Waals surface area contributed by atoms with Gasteiger partial charge in [-0.3, -0.25) is 4.79 Å². The summed E-state index contributed by atoms with van der Waals surface area (Å²) in [5, 5.41) is 8.95. The van der Waals surface area contributed by atoms with Crippen LogP contribution in [0.1, 0.15) is 24.8 Å². The van der Waals surface area contributed by atoms with E-state index >= 15 is 0 Å². The third-order valence-electron chi connectivity index (χ3n) is 3.91. The Morgan fingerprint density at radius 1 is 1.33 bits per heavy atom. The predicted octanol–water partition coefficient (Wildman–Crippen LogP) is 2.98. The van der Waals surface area contributed by atoms with Gasteiger partial charge in [0.15, 0.2) is 0 Å². The molecule has 0 bridgehead atoms. The molecule has 1 fully saturated rings. The van der Waals surface area contributed by atoms with Crippen LogP contribution in [0.5, 0.6) is 5.75 Å². The maximum Gasteiger partial charge on any atom is 0.306 e. The number of carbonyl (C=O) groups is 1. The molecule has 0 aliphatic carbocycles. The monoisotopic (exact) mass is 313 g/mol. The van der Waals surface area contributed by atoms with E-state index in [9.17, 15) is 4.79 Å². The van der Waals surface area contributed by atoms with Crippen LogP contribution in [0.4, 0.5) is 0 Å². The lowest BCUT2D eigenvalue weighted by Gasteiger charge is -2.29. The first-order chi connectivity index (χ1) is 9.66. The maximum atomic E-state index is 10.9. The standard InChI is InChI=1S/C16H23NO3.ClH/c1-13-5-2-3-6-15(13)20-12-4-9-17-10-7-14(8-11-17)16(18)19;/h2-3,5-6,14H,4,7-12H2,1H3,(H,18,19);1H. The Morgan fingerprint density at radius 3 is 2.62 bits per heavy atom. The zero-order chi connectivity index (χ0) is 14.4. The van der Waals surface area contributed by atoms with Crippen molar-refractivity contribution in [2.45, 2.75) is 26.2 Å². The summed E-state index contributed by atoms with van der Waals surface area (Å²) in [6, 6.07) is 8.04. The molecule has 0 spiro atoms. The van der Waals surface area contributed by atoms with Gasteiger partial charge in [0.25, 0.3) is 0 Å². The Hall–Kier alpha value is -1.26. The zero-order valence-electron chi connectivity index (χ0n) is 12.5. The molecule has 21 heavy (non-hydrogen) atoms. The van der Waals surface area contributed by atoms with E-state index in [1.165, 1.54) is 0 Å². The molecule has 1 heterocycles. The van der Waals surface area contributed by atoms with Crippen molar-refractivity contribution in [2.24, 2.45) is 5.92 Å². The average molecular weight is 314 g/mol. The van der Waals surface area contributed by atoms with Gasteiger partial charge in [0.1, 0.15) is 5.75 Å². The van der Waals surface area contributed by atoms with E-state index in [1.54, 1.807) is 0 Å². The van der Waals surface area contributed by atoms with Crippen molar-refractivity contribution >= 4 is 18.4 Å². The second-order valence-electron chi connectivity index (χ2n) is 5.42. The number of halogens is 1. The number of nitrogens with zero attached hydrogens (tertiary/aromatic N) is 1. The fraction of sp³-hybridized carbons (Fsp3) is 0.562. The first kappa shape index (κ1) is 17.8. The van der Waals surface area contributed by atoms with E-state index in [2.05, 4.69) is 4.90 Å². The summed E-state index contributed by atoms with van der Waals surface area (Å²) in [4.78, 5) is 13.2. The highest BCUT2D eigenvalue weighted by Crippen LogP contribution is 2.18. The molecule has 1 aliphatic heterocycles. The van der Waals surface area contributed by atoms with Crippen LogP contribution in [0, 0.1) is 12.8 Å². The quantitative estimate of drug-likeness (QED) is 0.820. The number of carboxylic acid groups (broad SMARTS) is 1. The molecule has 0 unspecified atom stereocenters. The molecule has 2 rings (SSSR count). The number of likely N-dealkylation sites (tertiary alicyclic amines) is 1. The average Bonchev–Trinajstić information content (AvgIpc) is 2.46. The van der Waals surface area contributed by atoms with Crippen molar-refractivity contribution in [2.75, 3.05) is 26.2 Å². The fourth-order valence-corrected chi connectivity index (χ4v) is 2.59. The van der Waals surface area contributed by atoms with Crippen LogP contribution in [0.25, 0.3) is 0 Å². The molecule has 0 saturated carbocycles. The van der Waals surface area contributed by atoms with E-state index in [0.29, 0.717) is 6.61 Å². The van der Waals surface area contributed by atoms with Gasteiger partial charge in [0, 0.05) is 6.54 Å². The lowest BCUT2D eigenvalue weighted by atomic mass is 9.97. The van der Waals surface area contributed by atoms with Gasteiger partial charge in [0.05, 0.1) is 12.5 Å². The van der Waals surface area contributed by atoms with Crippen molar-refractivity contribution in [3.63, 3.8) is 0 Å². The molecule has 0 radical (unpaired) electrons. The Morgan fingerprint density at radius 2 is 2.00 bits per heavy atom. The van der Waals surface area contributed by atoms with Gasteiger partial charge in [-0.15, -0.1) is 12.4 Å². The minimum Gasteiger partial charge on any atom is -0.493 e. The number of hydrogen-bond donors (Lipinski definition) is 1. The molecule has 1 aromatic rings. The summed E-state index contributed by atoms with van der Waals surface area (Å²) in [6.07, 6.45) is 2.52. The molecule has 1 saturated heterocycles. The Labute approximate surface area is 132 Å². The molecule has 1 aromatic carbocycles. The van der Waals surface area contributed by atoms with Crippen LogP contribution in [0.3, 0.4) is 0 Å². The Balaban J connectivity index is 0.00000220. The summed E-state index contributed by atoms with van der Waals surface area (Å²) < 4.78 is 5.77. The molecule has 1 aliphatic rings. The van der Waals surface area contributed by atoms with Gasteiger partial charge in [-0.05, 0) is 50.9 Å². The molecule has 4 nitrogen and oxygen atoms in total. The van der Waals surface area contributed by atoms with Crippen LogP contribution in [0.15, 0.2) is 24.3 Å². The maximum absolute atomic E-state index is 10.9. The van der Waals surface area contributed by atoms with Crippen molar-refractivity contribution in [3.8, 4) is 5.75 Å². The summed E-state index contributed by atoms with van der Waals surface area (Å²) in [5.74, 6) is 0.166. The Kier molecular flexibility index (Phi) is 7.54. The second kappa shape index (κ2) is 8.90. The first-order valence-corrected chi connectivity index (χ1v) is 7.30. The predicted molar refractivity (Wildman–Crippen MR) is 85.3 cm³/mol. The molecule has 5 heteroatoms. The lowest BCUT2D eigenvalue weighted by molar-refractivity contribution is -0.143. The number of carboxylic acids is 1. The highest BCUT2D eigenvalue weighted by molar-refractivity contribution is 5.85. The topological polar surface area (TPSA) is 49.8 Å². The lowest BCUT2D eigenvalue weighted by Crippen LogP contribution is -2.37. The molecule has 118 valence electrons. The number of hydrogen-bond acceptors (Lipinski definition) is 3. The van der Waals surface area contributed by atoms with Gasteiger partial charge in [-0.25, -0.2) is 0 Å². The van der Waals surface area contributed by atoms with Gasteiger partial charge < -0.3 is 14.7 Å². The zero-order valence-corrected chi connectivity index (χ0v) is 13.3. The van der Waals surface area contributed by atoms with Crippen molar-refractivity contribution in [3.05, 3.63) is 29.8 Å². The fourth-order valence-electron chi connectivity index (χ4n) is 2.59. The summed E-state index contributed by atoms with van der Waals surface area (Å²) in [5.41, 5.74) is 1.16. The number of piperidine rings is 1. The van der Waals surface area contributed by atoms with Crippen molar-refractivity contribution < 1.29 is 14.6 Å². The smallest absolute Gasteiger partial charge is 0.306 e. The normalized spacial score (nSPS) is 16.2. The molecular weight excluding hydrogens is 290 g/mol. The molecule has 0 amide bonds. The van der Waals surface area contributed by atoms with E-state index in [0.717, 1.165) is 50.2 Å². The van der Waals surface area contributed by atoms with E-state index < -0.39 is 5.97 Å². The van der Waals surface area contributed by atoms with E-state index in [4.69, 9.17) is 9.84 Å². The van der Waals surface area contributed by atoms with Crippen LogP contribution < -0.4 is 4.74 Å². The van der Waals surface area contributed by atoms with Gasteiger partial charge in [0.2, 0.25) is 0 Å². The second-order valence-corrected chi connectivity index (χ2v) is 5.42. The molecule has 0 atom stereocenters. The number of aliphatic carboxylic acids is 1. The Bertz CT molecular complexity index is 445. The highest BCUT2D eigenvalue weighted by Gasteiger charge is 2.23. The molecular formula is C16H24ClNO3. The third kappa shape index (κ3) is 5.56. The summed E-state index contributed by atoms with van der Waals surface area (Å²) >= 11 is 0. The van der Waals surface area contributed by atoms with Crippen LogP contribution in [-0.2, 0) is 4.79 Å². The largest absolute Gasteiger partial charge is 0.493 e. The minimum atomic E-state index is -0.646. The van der Waals surface area contributed by atoms with Crippen molar-refractivity contribution in [1.29, 1.82) is 0 Å². The van der Waals surface area contributed by atoms with Crippen LogP contribution >= 0.6 is 12.4 Å². The van der Waals surface area contributed by atoms with Crippen LogP contribution in [0.2, 0.25) is 0 Å². The SMILES string of the molecule is Cc1ccccc1OCCCN1CCC(C(=O)O)CC1.Cl. The van der Waals surface area contributed by atoms with Gasteiger partial charge in [-0.2, -0.15) is 0 Å². The number of benzene rings is 1. The summed E-state index contributed by atoms with van der Waals surface area (Å²) in [7, 11) is 0. The number of aryl methyl sites for hydroxylation is 1. The van der Waals surface area contributed by atoms with Gasteiger partial charge in [-0.1, -0.05) is 18.2 Å². The number of rotatable bonds is 6. The molecule has 0 aromatic heterocycles. The summed E-state index contributed by atoms with van der Waals surface area (Å²) in [6.45, 7) is 5.52. The molecule has 1 N–H and O–H groups in total. The number of para-hydroxylation sites is 1. The van der Waals surface area contributed by atoms with E-state index in [-0.39, 0.29) is 18.3 Å². The third-order valence-corrected chi connectivity index (χ3v) is 3.91. The van der Waals surface area contributed by atoms with E-state index in [1.807, 2.05) is 31.2 Å².